The summed E-state index contributed by atoms with van der Waals surface area (Å²) in [6.45, 7) is 7.32. The van der Waals surface area contributed by atoms with Crippen LogP contribution >= 0.6 is 23.2 Å². The Bertz CT molecular complexity index is 1210. The Morgan fingerprint density at radius 2 is 1.82 bits per heavy atom. The number of benzene rings is 1. The number of hydrogen-bond acceptors (Lipinski definition) is 5. The fourth-order valence-electron chi connectivity index (χ4n) is 4.96. The van der Waals surface area contributed by atoms with Gasteiger partial charge in [-0.2, -0.15) is 9.61 Å². The Kier molecular flexibility index (Phi) is 7.11. The quantitative estimate of drug-likeness (QED) is 0.386. The Morgan fingerprint density at radius 1 is 1.06 bits per heavy atom. The van der Waals surface area contributed by atoms with E-state index < -0.39 is 0 Å². The van der Waals surface area contributed by atoms with Crippen LogP contribution in [0.3, 0.4) is 0 Å². The molecular weight excluding hydrogens is 469 g/mol. The molecule has 1 aromatic carbocycles. The summed E-state index contributed by atoms with van der Waals surface area (Å²) in [5.74, 6) is 0.908. The second-order valence-corrected chi connectivity index (χ2v) is 10.00. The smallest absolute Gasteiger partial charge is 0.165 e. The molecule has 1 fully saturated rings. The average molecular weight is 500 g/mol. The molecule has 1 aliphatic heterocycles. The molecule has 0 saturated carbocycles. The van der Waals surface area contributed by atoms with E-state index in [9.17, 15) is 0 Å². The van der Waals surface area contributed by atoms with Gasteiger partial charge in [-0.25, -0.2) is 4.98 Å². The Balaban J connectivity index is 1.43. The van der Waals surface area contributed by atoms with E-state index in [0.717, 1.165) is 91.5 Å². The van der Waals surface area contributed by atoms with Crippen LogP contribution in [-0.2, 0) is 4.74 Å². The van der Waals surface area contributed by atoms with Crippen molar-refractivity contribution in [3.63, 3.8) is 0 Å². The van der Waals surface area contributed by atoms with Crippen LogP contribution in [0, 0.1) is 13.8 Å². The standard InChI is InChI=1S/C26H31Cl2N5O/c1-16-13-23(30-10-9-29-20-7-11-34-12-8-20)33-26(31-16)24(17(2)32-33)25-21(27)14-19(15-22(25)28)18-5-3-4-6-18/h5,13-15,20,29-30H,3-4,6-12H2,1-2H3. The van der Waals surface area contributed by atoms with Crippen LogP contribution in [0.1, 0.15) is 49.1 Å². The van der Waals surface area contributed by atoms with E-state index in [1.807, 2.05) is 36.6 Å². The van der Waals surface area contributed by atoms with Gasteiger partial charge < -0.3 is 15.4 Å². The van der Waals surface area contributed by atoms with Crippen molar-refractivity contribution in [2.24, 2.45) is 0 Å². The highest BCUT2D eigenvalue weighted by Crippen LogP contribution is 2.42. The number of nitrogens with zero attached hydrogens (tertiary/aromatic N) is 3. The van der Waals surface area contributed by atoms with Crippen LogP contribution in [0.4, 0.5) is 5.82 Å². The Hall–Kier alpha value is -2.12. The maximum atomic E-state index is 6.82. The van der Waals surface area contributed by atoms with Gasteiger partial charge in [0.25, 0.3) is 0 Å². The highest BCUT2D eigenvalue weighted by atomic mass is 35.5. The van der Waals surface area contributed by atoms with E-state index in [1.165, 1.54) is 12.0 Å². The van der Waals surface area contributed by atoms with Crippen LogP contribution in [0.15, 0.2) is 24.3 Å². The lowest BCUT2D eigenvalue weighted by atomic mass is 9.99. The molecule has 3 heterocycles. The Labute approximate surface area is 210 Å². The first-order valence-electron chi connectivity index (χ1n) is 12.1. The number of fused-ring (bicyclic) bond motifs is 1. The highest BCUT2D eigenvalue weighted by molar-refractivity contribution is 6.40. The molecule has 3 aromatic rings. The minimum absolute atomic E-state index is 0.528. The van der Waals surface area contributed by atoms with Crippen molar-refractivity contribution in [2.75, 3.05) is 31.6 Å². The molecule has 180 valence electrons. The zero-order valence-corrected chi connectivity index (χ0v) is 21.3. The lowest BCUT2D eigenvalue weighted by molar-refractivity contribution is 0.0784. The first-order valence-corrected chi connectivity index (χ1v) is 12.9. The molecule has 0 amide bonds. The third-order valence-corrected chi connectivity index (χ3v) is 7.28. The van der Waals surface area contributed by atoms with Gasteiger partial charge in [0.05, 0.1) is 21.3 Å². The molecule has 2 aromatic heterocycles. The molecular formula is C26H31Cl2N5O. The van der Waals surface area contributed by atoms with Gasteiger partial charge in [0.15, 0.2) is 5.65 Å². The molecule has 1 saturated heterocycles. The number of anilines is 1. The van der Waals surface area contributed by atoms with Gasteiger partial charge in [-0.1, -0.05) is 29.3 Å². The van der Waals surface area contributed by atoms with Crippen molar-refractivity contribution in [1.82, 2.24) is 19.9 Å². The van der Waals surface area contributed by atoms with Crippen molar-refractivity contribution in [1.29, 1.82) is 0 Å². The number of rotatable bonds is 7. The second kappa shape index (κ2) is 10.2. The van der Waals surface area contributed by atoms with Crippen LogP contribution < -0.4 is 10.6 Å². The number of halogens is 2. The van der Waals surface area contributed by atoms with Crippen LogP contribution in [0.25, 0.3) is 22.3 Å². The van der Waals surface area contributed by atoms with Gasteiger partial charge in [-0.15, -0.1) is 0 Å². The van der Waals surface area contributed by atoms with Gasteiger partial charge in [-0.05, 0) is 69.2 Å². The van der Waals surface area contributed by atoms with Crippen LogP contribution in [-0.4, -0.2) is 46.9 Å². The second-order valence-electron chi connectivity index (χ2n) is 9.18. The largest absolute Gasteiger partial charge is 0.381 e. The van der Waals surface area contributed by atoms with E-state index in [2.05, 4.69) is 16.7 Å². The minimum Gasteiger partial charge on any atom is -0.381 e. The minimum atomic E-state index is 0.528. The third-order valence-electron chi connectivity index (χ3n) is 6.68. The van der Waals surface area contributed by atoms with Gasteiger partial charge in [0.2, 0.25) is 0 Å². The fourth-order valence-corrected chi connectivity index (χ4v) is 5.64. The summed E-state index contributed by atoms with van der Waals surface area (Å²) >= 11 is 13.6. The molecule has 1 aliphatic carbocycles. The molecule has 34 heavy (non-hydrogen) atoms. The highest BCUT2D eigenvalue weighted by Gasteiger charge is 2.22. The van der Waals surface area contributed by atoms with E-state index >= 15 is 0 Å². The molecule has 2 aliphatic rings. The Morgan fingerprint density at radius 3 is 2.53 bits per heavy atom. The summed E-state index contributed by atoms with van der Waals surface area (Å²) in [7, 11) is 0. The number of aromatic nitrogens is 3. The third kappa shape index (κ3) is 4.82. The summed E-state index contributed by atoms with van der Waals surface area (Å²) in [5.41, 5.74) is 6.62. The topological polar surface area (TPSA) is 63.5 Å². The van der Waals surface area contributed by atoms with E-state index in [-0.39, 0.29) is 0 Å². The maximum Gasteiger partial charge on any atom is 0.165 e. The van der Waals surface area contributed by atoms with E-state index in [1.54, 1.807) is 0 Å². The van der Waals surface area contributed by atoms with Gasteiger partial charge >= 0.3 is 0 Å². The summed E-state index contributed by atoms with van der Waals surface area (Å²) in [4.78, 5) is 4.82. The van der Waals surface area contributed by atoms with Crippen molar-refractivity contribution in [3.05, 3.63) is 51.3 Å². The fraction of sp³-hybridized carbons (Fsp3) is 0.462. The number of allylic oxidation sites excluding steroid dienone is 2. The summed E-state index contributed by atoms with van der Waals surface area (Å²) in [6.07, 6.45) is 7.78. The van der Waals surface area contributed by atoms with Crippen molar-refractivity contribution in [3.8, 4) is 11.1 Å². The van der Waals surface area contributed by atoms with Crippen molar-refractivity contribution in [2.45, 2.75) is 52.0 Å². The predicted octanol–water partition coefficient (Wildman–Crippen LogP) is 6.07. The number of aryl methyl sites for hydroxylation is 2. The first-order chi connectivity index (χ1) is 16.5. The molecule has 5 rings (SSSR count). The SMILES string of the molecule is Cc1cc(NCCNC2CCOCC2)n2nc(C)c(-c3c(Cl)cc(C4=CCCC4)cc3Cl)c2n1. The summed E-state index contributed by atoms with van der Waals surface area (Å²) in [6, 6.07) is 6.61. The lowest BCUT2D eigenvalue weighted by Crippen LogP contribution is -2.37. The molecule has 0 radical (unpaired) electrons. The molecule has 2 N–H and O–H groups in total. The summed E-state index contributed by atoms with van der Waals surface area (Å²) in [5, 5.41) is 13.2. The lowest BCUT2D eigenvalue weighted by Gasteiger charge is -2.23. The number of hydrogen-bond donors (Lipinski definition) is 2. The normalized spacial score (nSPS) is 16.9. The molecule has 6 nitrogen and oxygen atoms in total. The first kappa shape index (κ1) is 23.6. The van der Waals surface area contributed by atoms with E-state index in [4.69, 9.17) is 38.0 Å². The van der Waals surface area contributed by atoms with Gasteiger partial charge in [0, 0.05) is 49.7 Å². The zero-order chi connectivity index (χ0) is 23.7. The summed E-state index contributed by atoms with van der Waals surface area (Å²) < 4.78 is 7.31. The predicted molar refractivity (Wildman–Crippen MR) is 140 cm³/mol. The molecule has 0 spiro atoms. The molecule has 0 bridgehead atoms. The number of ether oxygens (including phenoxy) is 1. The average Bonchev–Trinajstić information content (AvgIpc) is 3.46. The van der Waals surface area contributed by atoms with Gasteiger partial charge in [-0.3, -0.25) is 0 Å². The molecule has 8 heteroatoms. The van der Waals surface area contributed by atoms with E-state index in [0.29, 0.717) is 16.1 Å². The van der Waals surface area contributed by atoms with Crippen molar-refractivity contribution >= 4 is 40.2 Å². The zero-order valence-electron chi connectivity index (χ0n) is 19.8. The van der Waals surface area contributed by atoms with Crippen molar-refractivity contribution < 1.29 is 4.74 Å². The van der Waals surface area contributed by atoms with Crippen LogP contribution in [0.5, 0.6) is 0 Å². The molecule has 0 atom stereocenters. The van der Waals surface area contributed by atoms with Gasteiger partial charge in [0.1, 0.15) is 5.82 Å². The monoisotopic (exact) mass is 499 g/mol. The molecule has 0 unspecified atom stereocenters. The maximum absolute atomic E-state index is 6.82. The number of nitrogens with one attached hydrogen (secondary N) is 2. The van der Waals surface area contributed by atoms with Crippen LogP contribution in [0.2, 0.25) is 10.0 Å².